The summed E-state index contributed by atoms with van der Waals surface area (Å²) in [6, 6.07) is 11.7. The van der Waals surface area contributed by atoms with Crippen LogP contribution in [-0.2, 0) is 21.1 Å². The molecular formula is C19H21Cl2NO3S. The fourth-order valence-corrected chi connectivity index (χ4v) is 3.74. The molecule has 0 aliphatic carbocycles. The van der Waals surface area contributed by atoms with Crippen LogP contribution in [0.25, 0.3) is 0 Å². The highest BCUT2D eigenvalue weighted by atomic mass is 35.5. The van der Waals surface area contributed by atoms with Gasteiger partial charge in [-0.25, -0.2) is 8.42 Å². The highest BCUT2D eigenvalue weighted by Crippen LogP contribution is 2.23. The zero-order valence-corrected chi connectivity index (χ0v) is 17.0. The second-order valence-electron chi connectivity index (χ2n) is 6.11. The summed E-state index contributed by atoms with van der Waals surface area (Å²) in [6.07, 6.45) is 2.69. The van der Waals surface area contributed by atoms with Crippen molar-refractivity contribution in [1.82, 2.24) is 5.32 Å². The molecule has 1 atom stereocenters. The van der Waals surface area contributed by atoms with Crippen molar-refractivity contribution in [1.29, 1.82) is 0 Å². The van der Waals surface area contributed by atoms with Crippen molar-refractivity contribution >= 4 is 38.9 Å². The highest BCUT2D eigenvalue weighted by molar-refractivity contribution is 7.90. The van der Waals surface area contributed by atoms with Crippen LogP contribution in [0.5, 0.6) is 0 Å². The van der Waals surface area contributed by atoms with Gasteiger partial charge in [0.25, 0.3) is 0 Å². The lowest BCUT2D eigenvalue weighted by Crippen LogP contribution is -2.28. The fraction of sp³-hybridized carbons (Fsp3) is 0.316. The number of halogens is 2. The monoisotopic (exact) mass is 413 g/mol. The van der Waals surface area contributed by atoms with Gasteiger partial charge in [0, 0.05) is 22.7 Å². The van der Waals surface area contributed by atoms with Crippen molar-refractivity contribution in [3.8, 4) is 0 Å². The maximum atomic E-state index is 12.3. The Kier molecular flexibility index (Phi) is 7.09. The molecule has 0 aliphatic rings. The number of rotatable bonds is 7. The summed E-state index contributed by atoms with van der Waals surface area (Å²) < 4.78 is 23.1. The molecule has 0 saturated heterocycles. The summed E-state index contributed by atoms with van der Waals surface area (Å²) in [6.45, 7) is 1.96. The Bertz CT molecular complexity index is 880. The second-order valence-corrected chi connectivity index (χ2v) is 8.96. The largest absolute Gasteiger partial charge is 0.349 e. The minimum Gasteiger partial charge on any atom is -0.349 e. The summed E-state index contributed by atoms with van der Waals surface area (Å²) in [5.41, 5.74) is 1.74. The van der Waals surface area contributed by atoms with Crippen LogP contribution in [0.1, 0.15) is 36.9 Å². The van der Waals surface area contributed by atoms with Gasteiger partial charge in [-0.1, -0.05) is 48.3 Å². The molecule has 0 aromatic heterocycles. The molecule has 0 bridgehead atoms. The first-order valence-corrected chi connectivity index (χ1v) is 10.9. The van der Waals surface area contributed by atoms with Crippen molar-refractivity contribution in [2.45, 2.75) is 37.1 Å². The predicted octanol–water partition coefficient (Wildman–Crippen LogP) is 4.60. The number of hydrogen-bond donors (Lipinski definition) is 1. The minimum absolute atomic E-state index is 0.0879. The average Bonchev–Trinajstić information content (AvgIpc) is 2.58. The van der Waals surface area contributed by atoms with E-state index in [0.29, 0.717) is 29.3 Å². The van der Waals surface area contributed by atoms with Gasteiger partial charge in [-0.15, -0.1) is 0 Å². The van der Waals surface area contributed by atoms with Crippen molar-refractivity contribution in [2.75, 3.05) is 6.26 Å². The zero-order chi connectivity index (χ0) is 19.3. The first-order valence-electron chi connectivity index (χ1n) is 8.24. The van der Waals surface area contributed by atoms with Crippen molar-refractivity contribution < 1.29 is 13.2 Å². The lowest BCUT2D eigenvalue weighted by atomic mass is 10.0. The van der Waals surface area contributed by atoms with Gasteiger partial charge in [-0.2, -0.15) is 0 Å². The quantitative estimate of drug-likeness (QED) is 0.721. The number of carbonyl (C=O) groups is 1. The van der Waals surface area contributed by atoms with Gasteiger partial charge in [-0.3, -0.25) is 4.79 Å². The van der Waals surface area contributed by atoms with Crippen LogP contribution < -0.4 is 5.32 Å². The zero-order valence-electron chi connectivity index (χ0n) is 14.6. The summed E-state index contributed by atoms with van der Waals surface area (Å²) >= 11 is 12.0. The molecule has 2 aromatic carbocycles. The van der Waals surface area contributed by atoms with E-state index in [0.717, 1.165) is 11.1 Å². The van der Waals surface area contributed by atoms with Crippen LogP contribution in [0.15, 0.2) is 47.4 Å². The normalized spacial score (nSPS) is 12.6. The van der Waals surface area contributed by atoms with Crippen LogP contribution in [-0.4, -0.2) is 20.6 Å². The lowest BCUT2D eigenvalue weighted by Gasteiger charge is -2.18. The maximum absolute atomic E-state index is 12.3. The number of sulfone groups is 1. The third kappa shape index (κ3) is 5.73. The number of carbonyl (C=O) groups excluding carboxylic acids is 1. The van der Waals surface area contributed by atoms with Crippen molar-refractivity contribution in [3.63, 3.8) is 0 Å². The summed E-state index contributed by atoms with van der Waals surface area (Å²) in [4.78, 5) is 12.6. The van der Waals surface area contributed by atoms with E-state index in [9.17, 15) is 13.2 Å². The molecule has 0 saturated carbocycles. The topological polar surface area (TPSA) is 63.2 Å². The number of nitrogens with one attached hydrogen (secondary N) is 1. The van der Waals surface area contributed by atoms with Gasteiger partial charge in [0.05, 0.1) is 10.9 Å². The standard InChI is InChI=1S/C19H21Cl2NO3S/c1-3-18(14-5-9-16(10-6-14)26(2,24)25)22-19(23)11-7-13-4-8-15(20)12-17(13)21/h4-6,8-10,12,18H,3,7,11H2,1-2H3,(H,22,23)/t18-/m1/s1. The number of aryl methyl sites for hydroxylation is 1. The van der Waals surface area contributed by atoms with E-state index in [1.54, 1.807) is 36.4 Å². The number of amides is 1. The van der Waals surface area contributed by atoms with Gasteiger partial charge >= 0.3 is 0 Å². The first kappa shape index (κ1) is 20.7. The molecule has 2 aromatic rings. The lowest BCUT2D eigenvalue weighted by molar-refractivity contribution is -0.121. The SMILES string of the molecule is CC[C@@H](NC(=O)CCc1ccc(Cl)cc1Cl)c1ccc(S(C)(=O)=O)cc1. The molecular weight excluding hydrogens is 393 g/mol. The molecule has 7 heteroatoms. The van der Waals surface area contributed by atoms with E-state index >= 15 is 0 Å². The Morgan fingerprint density at radius 2 is 1.77 bits per heavy atom. The number of benzene rings is 2. The molecule has 0 fully saturated rings. The third-order valence-corrected chi connectivity index (χ3v) is 5.81. The fourth-order valence-electron chi connectivity index (χ4n) is 2.61. The Morgan fingerprint density at radius 3 is 2.31 bits per heavy atom. The van der Waals surface area contributed by atoms with Gasteiger partial charge in [0.2, 0.25) is 5.91 Å². The van der Waals surface area contributed by atoms with Crippen LogP contribution in [0.3, 0.4) is 0 Å². The summed E-state index contributed by atoms with van der Waals surface area (Å²) in [5, 5.41) is 4.10. The van der Waals surface area contributed by atoms with E-state index in [1.165, 1.54) is 6.26 Å². The molecule has 1 amide bonds. The molecule has 0 heterocycles. The van der Waals surface area contributed by atoms with E-state index in [1.807, 2.05) is 13.0 Å². The number of hydrogen-bond acceptors (Lipinski definition) is 3. The minimum atomic E-state index is -3.23. The molecule has 4 nitrogen and oxygen atoms in total. The van der Waals surface area contributed by atoms with Gasteiger partial charge in [0.1, 0.15) is 0 Å². The Balaban J connectivity index is 1.99. The van der Waals surface area contributed by atoms with Gasteiger partial charge in [-0.05, 0) is 48.2 Å². The summed E-state index contributed by atoms with van der Waals surface area (Å²) in [7, 11) is -3.23. The van der Waals surface area contributed by atoms with Crippen LogP contribution in [0, 0.1) is 0 Å². The molecule has 0 unspecified atom stereocenters. The Labute approximate surface area is 164 Å². The Morgan fingerprint density at radius 1 is 1.12 bits per heavy atom. The van der Waals surface area contributed by atoms with Crippen molar-refractivity contribution in [2.24, 2.45) is 0 Å². The molecule has 1 N–H and O–H groups in total. The molecule has 0 radical (unpaired) electrons. The molecule has 26 heavy (non-hydrogen) atoms. The molecule has 0 spiro atoms. The molecule has 140 valence electrons. The Hall–Kier alpha value is -1.56. The molecule has 0 aliphatic heterocycles. The van der Waals surface area contributed by atoms with Crippen molar-refractivity contribution in [3.05, 3.63) is 63.6 Å². The van der Waals surface area contributed by atoms with E-state index in [4.69, 9.17) is 23.2 Å². The van der Waals surface area contributed by atoms with Crippen LogP contribution in [0.4, 0.5) is 0 Å². The molecule has 2 rings (SSSR count). The first-order chi connectivity index (χ1) is 12.2. The average molecular weight is 414 g/mol. The smallest absolute Gasteiger partial charge is 0.220 e. The van der Waals surface area contributed by atoms with Crippen LogP contribution >= 0.6 is 23.2 Å². The maximum Gasteiger partial charge on any atom is 0.220 e. The van der Waals surface area contributed by atoms with E-state index < -0.39 is 9.84 Å². The van der Waals surface area contributed by atoms with Gasteiger partial charge < -0.3 is 5.32 Å². The van der Waals surface area contributed by atoms with E-state index in [-0.39, 0.29) is 16.8 Å². The highest BCUT2D eigenvalue weighted by Gasteiger charge is 2.15. The van der Waals surface area contributed by atoms with E-state index in [2.05, 4.69) is 5.32 Å². The van der Waals surface area contributed by atoms with Gasteiger partial charge in [0.15, 0.2) is 9.84 Å². The van der Waals surface area contributed by atoms with Crippen LogP contribution in [0.2, 0.25) is 10.0 Å². The summed E-state index contributed by atoms with van der Waals surface area (Å²) in [5.74, 6) is -0.0879. The second kappa shape index (κ2) is 8.89. The predicted molar refractivity (Wildman–Crippen MR) is 106 cm³/mol. The third-order valence-electron chi connectivity index (χ3n) is 4.09.